The van der Waals surface area contributed by atoms with Crippen LogP contribution in [-0.2, 0) is 0 Å². The van der Waals surface area contributed by atoms with Crippen molar-refractivity contribution in [3.05, 3.63) is 35.5 Å². The van der Waals surface area contributed by atoms with Gasteiger partial charge in [-0.1, -0.05) is 11.2 Å². The van der Waals surface area contributed by atoms with Gasteiger partial charge in [0.1, 0.15) is 5.82 Å². The molecule has 0 atom stereocenters. The third-order valence-corrected chi connectivity index (χ3v) is 2.94. The Balaban J connectivity index is 2.41. The molecule has 1 aromatic carbocycles. The first-order valence-corrected chi connectivity index (χ1v) is 5.68. The molecule has 6 nitrogen and oxygen atoms in total. The van der Waals surface area contributed by atoms with E-state index < -0.39 is 5.82 Å². The predicted molar refractivity (Wildman–Crippen MR) is 62.1 cm³/mol. The molecular weight excluding hydrogens is 259 g/mol. The maximum atomic E-state index is 13.6. The van der Waals surface area contributed by atoms with Crippen molar-refractivity contribution in [1.82, 2.24) is 10.2 Å². The number of benzene rings is 1. The van der Waals surface area contributed by atoms with Gasteiger partial charge in [0.2, 0.25) is 5.89 Å². The van der Waals surface area contributed by atoms with Crippen molar-refractivity contribution < 1.29 is 14.0 Å². The Kier molecular flexibility index (Phi) is 3.47. The zero-order valence-electron chi connectivity index (χ0n) is 9.29. The summed E-state index contributed by atoms with van der Waals surface area (Å²) in [5.74, 6) is -0.502. The maximum absolute atomic E-state index is 13.6. The molecule has 1 aromatic heterocycles. The van der Waals surface area contributed by atoms with Crippen LogP contribution in [0, 0.1) is 12.7 Å². The fraction of sp³-hybridized carbons (Fsp3) is 0.100. The van der Waals surface area contributed by atoms with E-state index >= 15 is 0 Å². The Morgan fingerprint density at radius 2 is 2.28 bits per heavy atom. The molecule has 0 spiro atoms. The van der Waals surface area contributed by atoms with Crippen molar-refractivity contribution in [2.75, 3.05) is 0 Å². The molecule has 0 aliphatic heterocycles. The summed E-state index contributed by atoms with van der Waals surface area (Å²) in [4.78, 5) is 0.425. The van der Waals surface area contributed by atoms with Crippen molar-refractivity contribution in [2.45, 2.75) is 17.0 Å². The Bertz CT molecular complexity index is 599. The lowest BCUT2D eigenvalue weighted by Gasteiger charge is -2.06. The molecule has 0 aliphatic rings. The van der Waals surface area contributed by atoms with Gasteiger partial charge in [0.05, 0.1) is 5.56 Å². The highest BCUT2D eigenvalue weighted by Crippen LogP contribution is 2.30. The number of aryl methyl sites for hydroxylation is 1. The predicted octanol–water partition coefficient (Wildman–Crippen LogP) is 1.76. The molecule has 8 heteroatoms. The summed E-state index contributed by atoms with van der Waals surface area (Å²) in [6.07, 6.45) is 0. The Hall–Kier alpha value is -2.09. The minimum atomic E-state index is -0.591. The van der Waals surface area contributed by atoms with Crippen LogP contribution >= 0.6 is 11.8 Å². The summed E-state index contributed by atoms with van der Waals surface area (Å²) in [6.45, 7) is 1.65. The molecule has 0 radical (unpaired) electrons. The van der Waals surface area contributed by atoms with E-state index in [4.69, 9.17) is 15.4 Å². The highest BCUT2D eigenvalue weighted by atomic mass is 32.2. The van der Waals surface area contributed by atoms with E-state index in [0.717, 1.165) is 11.8 Å². The van der Waals surface area contributed by atoms with Crippen molar-refractivity contribution in [2.24, 2.45) is 10.9 Å². The fourth-order valence-corrected chi connectivity index (χ4v) is 2.18. The Morgan fingerprint density at radius 1 is 1.50 bits per heavy atom. The summed E-state index contributed by atoms with van der Waals surface area (Å²) in [5, 5.41) is 19.1. The van der Waals surface area contributed by atoms with E-state index in [1.807, 2.05) is 0 Å². The van der Waals surface area contributed by atoms with Gasteiger partial charge in [0.15, 0.2) is 5.84 Å². The molecule has 1 heterocycles. The lowest BCUT2D eigenvalue weighted by atomic mass is 10.2. The van der Waals surface area contributed by atoms with Crippen molar-refractivity contribution in [1.29, 1.82) is 0 Å². The number of oxime groups is 1. The van der Waals surface area contributed by atoms with Crippen molar-refractivity contribution in [3.8, 4) is 0 Å². The molecule has 2 rings (SSSR count). The highest BCUT2D eigenvalue weighted by molar-refractivity contribution is 7.99. The van der Waals surface area contributed by atoms with Gasteiger partial charge in [-0.2, -0.15) is 0 Å². The number of nitrogens with two attached hydrogens (primary N) is 1. The van der Waals surface area contributed by atoms with Crippen molar-refractivity contribution >= 4 is 17.6 Å². The summed E-state index contributed by atoms with van der Waals surface area (Å²) in [5.41, 5.74) is 5.44. The third-order valence-electron chi connectivity index (χ3n) is 2.04. The summed E-state index contributed by atoms with van der Waals surface area (Å²) >= 11 is 1.04. The lowest BCUT2D eigenvalue weighted by Crippen LogP contribution is -2.16. The van der Waals surface area contributed by atoms with E-state index in [9.17, 15) is 4.39 Å². The monoisotopic (exact) mass is 268 g/mol. The second-order valence-electron chi connectivity index (χ2n) is 3.29. The first kappa shape index (κ1) is 12.4. The average Bonchev–Trinajstić information content (AvgIpc) is 2.74. The van der Waals surface area contributed by atoms with Gasteiger partial charge in [0.25, 0.3) is 5.22 Å². The van der Waals surface area contributed by atoms with Gasteiger partial charge < -0.3 is 15.4 Å². The van der Waals surface area contributed by atoms with Crippen LogP contribution in [0.4, 0.5) is 4.39 Å². The average molecular weight is 268 g/mol. The van der Waals surface area contributed by atoms with Gasteiger partial charge >= 0.3 is 0 Å². The second-order valence-corrected chi connectivity index (χ2v) is 4.28. The van der Waals surface area contributed by atoms with Gasteiger partial charge in [-0.15, -0.1) is 10.2 Å². The largest absolute Gasteiger partial charge is 0.416 e. The smallest absolute Gasteiger partial charge is 0.281 e. The number of amidine groups is 1. The quantitative estimate of drug-likeness (QED) is 0.381. The van der Waals surface area contributed by atoms with Gasteiger partial charge in [0, 0.05) is 11.8 Å². The molecule has 0 aliphatic carbocycles. The van der Waals surface area contributed by atoms with Crippen LogP contribution in [0.1, 0.15) is 11.5 Å². The zero-order chi connectivity index (χ0) is 13.1. The second kappa shape index (κ2) is 5.05. The maximum Gasteiger partial charge on any atom is 0.281 e. The zero-order valence-corrected chi connectivity index (χ0v) is 10.1. The van der Waals surface area contributed by atoms with E-state index in [0.29, 0.717) is 10.8 Å². The van der Waals surface area contributed by atoms with E-state index in [1.54, 1.807) is 13.0 Å². The SMILES string of the molecule is Cc1nnc(Sc2cccc(F)c2C(N)=NO)o1. The summed E-state index contributed by atoms with van der Waals surface area (Å²) in [6, 6.07) is 4.34. The van der Waals surface area contributed by atoms with Crippen LogP contribution in [0.25, 0.3) is 0 Å². The van der Waals surface area contributed by atoms with Crippen LogP contribution in [0.2, 0.25) is 0 Å². The number of aromatic nitrogens is 2. The van der Waals surface area contributed by atoms with Crippen LogP contribution in [0.5, 0.6) is 0 Å². The van der Waals surface area contributed by atoms with Crippen LogP contribution in [0.3, 0.4) is 0 Å². The number of hydrogen-bond acceptors (Lipinski definition) is 6. The summed E-state index contributed by atoms with van der Waals surface area (Å²) < 4.78 is 18.8. The lowest BCUT2D eigenvalue weighted by molar-refractivity contribution is 0.318. The number of rotatable bonds is 3. The number of nitrogens with zero attached hydrogens (tertiary/aromatic N) is 3. The molecule has 18 heavy (non-hydrogen) atoms. The molecule has 0 bridgehead atoms. The van der Waals surface area contributed by atoms with Crippen LogP contribution in [-0.4, -0.2) is 21.2 Å². The molecular formula is C10H9FN4O2S. The molecule has 0 saturated carbocycles. The Morgan fingerprint density at radius 3 is 2.89 bits per heavy atom. The molecule has 0 fully saturated rings. The molecule has 0 saturated heterocycles. The third kappa shape index (κ3) is 2.43. The first-order chi connectivity index (χ1) is 8.61. The normalized spacial score (nSPS) is 11.8. The first-order valence-electron chi connectivity index (χ1n) is 4.86. The van der Waals surface area contributed by atoms with Gasteiger partial charge in [-0.05, 0) is 23.9 Å². The standard InChI is InChI=1S/C10H9FN4O2S/c1-5-13-14-10(17-5)18-7-4-2-3-6(11)8(7)9(12)15-16/h2-4,16H,1H3,(H2,12,15). The summed E-state index contributed by atoms with van der Waals surface area (Å²) in [7, 11) is 0. The van der Waals surface area contributed by atoms with Gasteiger partial charge in [-0.3, -0.25) is 0 Å². The highest BCUT2D eigenvalue weighted by Gasteiger charge is 2.16. The molecule has 3 N–H and O–H groups in total. The van der Waals surface area contributed by atoms with E-state index in [1.165, 1.54) is 12.1 Å². The minimum absolute atomic E-state index is 0.000790. The number of halogens is 1. The minimum Gasteiger partial charge on any atom is -0.416 e. The van der Waals surface area contributed by atoms with Gasteiger partial charge in [-0.25, -0.2) is 4.39 Å². The Labute approximate surface area is 106 Å². The molecule has 94 valence electrons. The van der Waals surface area contributed by atoms with Crippen molar-refractivity contribution in [3.63, 3.8) is 0 Å². The van der Waals surface area contributed by atoms with Crippen LogP contribution in [0.15, 0.2) is 37.9 Å². The topological polar surface area (TPSA) is 97.5 Å². The van der Waals surface area contributed by atoms with E-state index in [2.05, 4.69) is 15.4 Å². The van der Waals surface area contributed by atoms with E-state index in [-0.39, 0.29) is 16.6 Å². The fourth-order valence-electron chi connectivity index (χ4n) is 1.30. The molecule has 2 aromatic rings. The number of hydrogen-bond donors (Lipinski definition) is 2. The van der Waals surface area contributed by atoms with Crippen LogP contribution < -0.4 is 5.73 Å². The molecule has 0 unspecified atom stereocenters. The molecule has 0 amide bonds.